The molecule has 25 heavy (non-hydrogen) atoms. The minimum Gasteiger partial charge on any atom is -0.491 e. The van der Waals surface area contributed by atoms with E-state index in [2.05, 4.69) is 0 Å². The van der Waals surface area contributed by atoms with Gasteiger partial charge in [0.15, 0.2) is 0 Å². The molecular formula is C20H24Cl2O3. The van der Waals surface area contributed by atoms with Gasteiger partial charge in [-0.05, 0) is 74.2 Å². The molecule has 0 bridgehead atoms. The van der Waals surface area contributed by atoms with Gasteiger partial charge in [0.05, 0.1) is 13.2 Å². The Morgan fingerprint density at radius 3 is 1.24 bits per heavy atom. The van der Waals surface area contributed by atoms with Crippen LogP contribution in [0.2, 0.25) is 10.0 Å². The fraction of sp³-hybridized carbons (Fsp3) is 0.400. The van der Waals surface area contributed by atoms with E-state index in [4.69, 9.17) is 37.4 Å². The third-order valence-electron chi connectivity index (χ3n) is 3.80. The maximum Gasteiger partial charge on any atom is 0.125 e. The van der Waals surface area contributed by atoms with Crippen molar-refractivity contribution in [1.29, 1.82) is 0 Å². The van der Waals surface area contributed by atoms with Crippen molar-refractivity contribution in [3.05, 3.63) is 56.6 Å². The Morgan fingerprint density at radius 1 is 0.600 bits per heavy atom. The minimum atomic E-state index is 0.488. The molecule has 0 spiro atoms. The van der Waals surface area contributed by atoms with Gasteiger partial charge in [-0.25, -0.2) is 0 Å². The lowest BCUT2D eigenvalue weighted by molar-refractivity contribution is 0.0758. The quantitative estimate of drug-likeness (QED) is 0.547. The molecule has 5 heteroatoms. The summed E-state index contributed by atoms with van der Waals surface area (Å²) in [5.41, 5.74) is 4.12. The summed E-state index contributed by atoms with van der Waals surface area (Å²) in [6.45, 7) is 9.93. The molecule has 0 unspecified atom stereocenters. The van der Waals surface area contributed by atoms with E-state index >= 15 is 0 Å². The highest BCUT2D eigenvalue weighted by molar-refractivity contribution is 6.31. The van der Waals surface area contributed by atoms with Crippen LogP contribution in [0.1, 0.15) is 22.3 Å². The first-order valence-electron chi connectivity index (χ1n) is 8.25. The molecule has 0 N–H and O–H groups in total. The Hall–Kier alpha value is -1.42. The SMILES string of the molecule is Cc1cc(Cl)cc(C)c1OCCOCCOc1c(C)cc(Cl)cc1C. The van der Waals surface area contributed by atoms with Crippen LogP contribution in [0.4, 0.5) is 0 Å². The molecule has 0 aliphatic carbocycles. The topological polar surface area (TPSA) is 27.7 Å². The molecular weight excluding hydrogens is 359 g/mol. The molecule has 0 aliphatic heterocycles. The van der Waals surface area contributed by atoms with Crippen LogP contribution in [0.3, 0.4) is 0 Å². The van der Waals surface area contributed by atoms with Crippen molar-refractivity contribution in [2.75, 3.05) is 26.4 Å². The number of benzene rings is 2. The zero-order valence-electron chi connectivity index (χ0n) is 15.1. The molecule has 3 nitrogen and oxygen atoms in total. The monoisotopic (exact) mass is 382 g/mol. The number of hydrogen-bond donors (Lipinski definition) is 0. The average Bonchev–Trinajstić information content (AvgIpc) is 2.50. The number of aryl methyl sites for hydroxylation is 4. The van der Waals surface area contributed by atoms with Crippen LogP contribution in [-0.4, -0.2) is 26.4 Å². The highest BCUT2D eigenvalue weighted by Gasteiger charge is 2.07. The van der Waals surface area contributed by atoms with Gasteiger partial charge < -0.3 is 14.2 Å². The first-order valence-corrected chi connectivity index (χ1v) is 9.01. The van der Waals surface area contributed by atoms with Gasteiger partial charge in [-0.3, -0.25) is 0 Å². The second kappa shape index (κ2) is 9.33. The average molecular weight is 383 g/mol. The van der Waals surface area contributed by atoms with E-state index in [1.54, 1.807) is 0 Å². The van der Waals surface area contributed by atoms with Crippen LogP contribution in [-0.2, 0) is 4.74 Å². The van der Waals surface area contributed by atoms with Crippen LogP contribution < -0.4 is 9.47 Å². The van der Waals surface area contributed by atoms with Crippen molar-refractivity contribution in [2.45, 2.75) is 27.7 Å². The summed E-state index contributed by atoms with van der Waals surface area (Å²) in [6, 6.07) is 7.59. The van der Waals surface area contributed by atoms with Crippen molar-refractivity contribution in [2.24, 2.45) is 0 Å². The lowest BCUT2D eigenvalue weighted by Gasteiger charge is -2.14. The van der Waals surface area contributed by atoms with Gasteiger partial charge in [-0.2, -0.15) is 0 Å². The first-order chi connectivity index (χ1) is 11.9. The van der Waals surface area contributed by atoms with Crippen molar-refractivity contribution in [3.8, 4) is 11.5 Å². The van der Waals surface area contributed by atoms with Crippen LogP contribution in [0.5, 0.6) is 11.5 Å². The summed E-state index contributed by atoms with van der Waals surface area (Å²) in [5.74, 6) is 1.74. The third kappa shape index (κ3) is 5.81. The number of rotatable bonds is 8. The summed E-state index contributed by atoms with van der Waals surface area (Å²) in [5, 5.41) is 1.45. The largest absolute Gasteiger partial charge is 0.491 e. The summed E-state index contributed by atoms with van der Waals surface area (Å²) in [4.78, 5) is 0. The Kier molecular flexibility index (Phi) is 7.42. The lowest BCUT2D eigenvalue weighted by Crippen LogP contribution is -2.13. The molecule has 2 rings (SSSR count). The van der Waals surface area contributed by atoms with Gasteiger partial charge in [0, 0.05) is 10.0 Å². The molecule has 0 atom stereocenters. The van der Waals surface area contributed by atoms with Crippen LogP contribution >= 0.6 is 23.2 Å². The Labute approximate surface area is 159 Å². The fourth-order valence-electron chi connectivity index (χ4n) is 2.76. The minimum absolute atomic E-state index is 0.488. The predicted octanol–water partition coefficient (Wildman–Crippen LogP) is 5.70. The van der Waals surface area contributed by atoms with Crippen molar-refractivity contribution in [1.82, 2.24) is 0 Å². The van der Waals surface area contributed by atoms with Gasteiger partial charge >= 0.3 is 0 Å². The second-order valence-corrected chi connectivity index (χ2v) is 6.92. The van der Waals surface area contributed by atoms with Crippen LogP contribution in [0.25, 0.3) is 0 Å². The standard InChI is InChI=1S/C20H24Cl2O3/c1-13-9-17(21)10-14(2)19(13)24-7-5-23-6-8-25-20-15(3)11-18(22)12-16(20)4/h9-12H,5-8H2,1-4H3. The Balaban J connectivity index is 1.69. The number of hydrogen-bond acceptors (Lipinski definition) is 3. The van der Waals surface area contributed by atoms with Crippen molar-refractivity contribution in [3.63, 3.8) is 0 Å². The van der Waals surface area contributed by atoms with E-state index in [-0.39, 0.29) is 0 Å². The maximum atomic E-state index is 6.02. The number of ether oxygens (including phenoxy) is 3. The van der Waals surface area contributed by atoms with Gasteiger partial charge in [0.1, 0.15) is 24.7 Å². The molecule has 0 aromatic heterocycles. The molecule has 0 radical (unpaired) electrons. The molecule has 0 aliphatic rings. The predicted molar refractivity (Wildman–Crippen MR) is 104 cm³/mol. The van der Waals surface area contributed by atoms with Gasteiger partial charge in [-0.1, -0.05) is 23.2 Å². The highest BCUT2D eigenvalue weighted by Crippen LogP contribution is 2.27. The zero-order valence-corrected chi connectivity index (χ0v) is 16.6. The third-order valence-corrected chi connectivity index (χ3v) is 4.23. The fourth-order valence-corrected chi connectivity index (χ4v) is 3.41. The van der Waals surface area contributed by atoms with Crippen LogP contribution in [0.15, 0.2) is 24.3 Å². The summed E-state index contributed by atoms with van der Waals surface area (Å²) < 4.78 is 17.2. The van der Waals surface area contributed by atoms with Crippen molar-refractivity contribution < 1.29 is 14.2 Å². The first kappa shape index (κ1) is 19.9. The molecule has 0 saturated carbocycles. The summed E-state index contributed by atoms with van der Waals surface area (Å²) >= 11 is 12.0. The molecule has 136 valence electrons. The summed E-state index contributed by atoms with van der Waals surface area (Å²) in [6.07, 6.45) is 0. The molecule has 0 heterocycles. The molecule has 2 aromatic carbocycles. The van der Waals surface area contributed by atoms with E-state index < -0.39 is 0 Å². The number of halogens is 2. The van der Waals surface area contributed by atoms with Gasteiger partial charge in [-0.15, -0.1) is 0 Å². The normalized spacial score (nSPS) is 10.8. The van der Waals surface area contributed by atoms with E-state index in [0.29, 0.717) is 26.4 Å². The molecule has 0 saturated heterocycles. The summed E-state index contributed by atoms with van der Waals surface area (Å²) in [7, 11) is 0. The van der Waals surface area contributed by atoms with E-state index in [0.717, 1.165) is 43.8 Å². The smallest absolute Gasteiger partial charge is 0.125 e. The van der Waals surface area contributed by atoms with E-state index in [9.17, 15) is 0 Å². The zero-order chi connectivity index (χ0) is 18.4. The van der Waals surface area contributed by atoms with Gasteiger partial charge in [0.25, 0.3) is 0 Å². The molecule has 0 amide bonds. The van der Waals surface area contributed by atoms with Gasteiger partial charge in [0.2, 0.25) is 0 Å². The Bertz CT molecular complexity index is 621. The van der Waals surface area contributed by atoms with Crippen molar-refractivity contribution >= 4 is 23.2 Å². The molecule has 0 fully saturated rings. The Morgan fingerprint density at radius 2 is 0.920 bits per heavy atom. The van der Waals surface area contributed by atoms with E-state index in [1.807, 2.05) is 52.0 Å². The molecule has 2 aromatic rings. The highest BCUT2D eigenvalue weighted by atomic mass is 35.5. The van der Waals surface area contributed by atoms with E-state index in [1.165, 1.54) is 0 Å². The van der Waals surface area contributed by atoms with Crippen LogP contribution in [0, 0.1) is 27.7 Å². The second-order valence-electron chi connectivity index (χ2n) is 6.05. The maximum absolute atomic E-state index is 6.02. The lowest BCUT2D eigenvalue weighted by atomic mass is 10.1.